The van der Waals surface area contributed by atoms with E-state index in [1.807, 2.05) is 20.8 Å². The molecule has 0 radical (unpaired) electrons. The molecule has 0 fully saturated rings. The lowest BCUT2D eigenvalue weighted by atomic mass is 10.1. The molecular weight excluding hydrogens is 258 g/mol. The van der Waals surface area contributed by atoms with Crippen molar-refractivity contribution >= 4 is 11.8 Å². The lowest BCUT2D eigenvalue weighted by molar-refractivity contribution is 0.0126. The first-order valence-electron chi connectivity index (χ1n) is 6.40. The Morgan fingerprint density at radius 3 is 2.60 bits per heavy atom. The highest BCUT2D eigenvalue weighted by molar-refractivity contribution is 5.68. The summed E-state index contributed by atoms with van der Waals surface area (Å²) in [5, 5.41) is 0. The number of anilines is 1. The molecule has 1 atom stereocenters. The summed E-state index contributed by atoms with van der Waals surface area (Å²) in [5.41, 5.74) is 6.54. The first-order valence-corrected chi connectivity index (χ1v) is 6.40. The second-order valence-corrected chi connectivity index (χ2v) is 5.61. The maximum absolute atomic E-state index is 12.1. The molecule has 1 aromatic heterocycles. The maximum Gasteiger partial charge on any atom is 0.410 e. The van der Waals surface area contributed by atoms with Crippen molar-refractivity contribution in [1.82, 2.24) is 9.88 Å². The number of nitrogens with zero attached hydrogens (tertiary/aromatic N) is 2. The van der Waals surface area contributed by atoms with E-state index in [0.29, 0.717) is 12.3 Å². The summed E-state index contributed by atoms with van der Waals surface area (Å²) in [6.45, 7) is 5.81. The molecule has 0 aromatic carbocycles. The molecule has 1 aromatic rings. The van der Waals surface area contributed by atoms with Gasteiger partial charge in [0.05, 0.1) is 18.3 Å². The van der Waals surface area contributed by atoms with Crippen molar-refractivity contribution in [1.29, 1.82) is 0 Å². The van der Waals surface area contributed by atoms with Crippen LogP contribution in [0.3, 0.4) is 0 Å². The molecule has 1 rings (SSSR count). The summed E-state index contributed by atoms with van der Waals surface area (Å²) in [6, 6.07) is 1.48. The average Bonchev–Trinajstić information content (AvgIpc) is 2.33. The molecule has 2 N–H and O–H groups in total. The SMILES string of the molecule is COC[C@@H](c1cncc(N)c1)N(C)C(=O)OC(C)(C)C. The van der Waals surface area contributed by atoms with E-state index in [4.69, 9.17) is 15.2 Å². The average molecular weight is 281 g/mol. The zero-order chi connectivity index (χ0) is 15.3. The number of nitrogen functional groups attached to an aromatic ring is 1. The molecule has 1 heterocycles. The van der Waals surface area contributed by atoms with Crippen LogP contribution >= 0.6 is 0 Å². The molecule has 6 heteroatoms. The third-order valence-corrected chi connectivity index (χ3v) is 2.64. The summed E-state index contributed by atoms with van der Waals surface area (Å²) in [5.74, 6) is 0. The molecule has 20 heavy (non-hydrogen) atoms. The number of amides is 1. The van der Waals surface area contributed by atoms with Crippen LogP contribution in [0, 0.1) is 0 Å². The standard InChI is InChI=1S/C14H23N3O3/c1-14(2,3)20-13(18)17(4)12(9-19-5)10-6-11(15)8-16-7-10/h6-8,12H,9,15H2,1-5H3/t12-/m0/s1. The zero-order valence-electron chi connectivity index (χ0n) is 12.7. The van der Waals surface area contributed by atoms with Crippen LogP contribution in [-0.2, 0) is 9.47 Å². The second kappa shape index (κ2) is 6.56. The molecule has 0 saturated carbocycles. The van der Waals surface area contributed by atoms with Crippen molar-refractivity contribution in [2.24, 2.45) is 0 Å². The highest BCUT2D eigenvalue weighted by Gasteiger charge is 2.26. The van der Waals surface area contributed by atoms with Gasteiger partial charge in [-0.3, -0.25) is 4.98 Å². The normalized spacial score (nSPS) is 12.8. The lowest BCUT2D eigenvalue weighted by Crippen LogP contribution is -2.38. The second-order valence-electron chi connectivity index (χ2n) is 5.61. The number of carbonyl (C=O) groups is 1. The Morgan fingerprint density at radius 1 is 1.45 bits per heavy atom. The number of rotatable bonds is 4. The van der Waals surface area contributed by atoms with Crippen LogP contribution in [0.2, 0.25) is 0 Å². The van der Waals surface area contributed by atoms with Crippen LogP contribution in [0.4, 0.5) is 10.5 Å². The van der Waals surface area contributed by atoms with Crippen molar-refractivity contribution in [2.75, 3.05) is 26.5 Å². The Kier molecular flexibility index (Phi) is 5.33. The van der Waals surface area contributed by atoms with Crippen LogP contribution in [0.5, 0.6) is 0 Å². The van der Waals surface area contributed by atoms with Crippen molar-refractivity contribution in [2.45, 2.75) is 32.4 Å². The van der Waals surface area contributed by atoms with Gasteiger partial charge in [-0.25, -0.2) is 4.79 Å². The van der Waals surface area contributed by atoms with Crippen LogP contribution in [0.1, 0.15) is 32.4 Å². The third-order valence-electron chi connectivity index (χ3n) is 2.64. The Hall–Kier alpha value is -1.82. The summed E-state index contributed by atoms with van der Waals surface area (Å²) in [7, 11) is 3.25. The molecular formula is C14H23N3O3. The van der Waals surface area contributed by atoms with Gasteiger partial charge in [0.2, 0.25) is 0 Å². The third kappa shape index (κ3) is 4.70. The minimum atomic E-state index is -0.545. The molecule has 0 spiro atoms. The summed E-state index contributed by atoms with van der Waals surface area (Å²) in [4.78, 5) is 17.7. The number of ether oxygens (including phenoxy) is 2. The van der Waals surface area contributed by atoms with Crippen molar-refractivity contribution in [3.63, 3.8) is 0 Å². The van der Waals surface area contributed by atoms with E-state index in [1.165, 1.54) is 4.90 Å². The molecule has 6 nitrogen and oxygen atoms in total. The number of pyridine rings is 1. The monoisotopic (exact) mass is 281 g/mol. The molecule has 0 bridgehead atoms. The molecule has 1 amide bonds. The molecule has 0 unspecified atom stereocenters. The zero-order valence-corrected chi connectivity index (χ0v) is 12.7. The Morgan fingerprint density at radius 2 is 2.10 bits per heavy atom. The van der Waals surface area contributed by atoms with E-state index in [9.17, 15) is 4.79 Å². The van der Waals surface area contributed by atoms with Crippen LogP contribution in [-0.4, -0.2) is 42.3 Å². The number of nitrogens with two attached hydrogens (primary N) is 1. The van der Waals surface area contributed by atoms with E-state index >= 15 is 0 Å². The molecule has 0 saturated heterocycles. The summed E-state index contributed by atoms with van der Waals surface area (Å²) in [6.07, 6.45) is 2.81. The first-order chi connectivity index (χ1) is 9.24. The van der Waals surface area contributed by atoms with E-state index in [-0.39, 0.29) is 6.04 Å². The predicted octanol–water partition coefficient (Wildman–Crippen LogP) is 2.22. The van der Waals surface area contributed by atoms with Gasteiger partial charge in [0.25, 0.3) is 0 Å². The lowest BCUT2D eigenvalue weighted by Gasteiger charge is -2.30. The Bertz CT molecular complexity index is 457. The Balaban J connectivity index is 2.93. The molecule has 0 aliphatic rings. The van der Waals surface area contributed by atoms with Crippen LogP contribution in [0.25, 0.3) is 0 Å². The predicted molar refractivity (Wildman–Crippen MR) is 77.3 cm³/mol. The first kappa shape index (κ1) is 16.2. The summed E-state index contributed by atoms with van der Waals surface area (Å²) >= 11 is 0. The van der Waals surface area contributed by atoms with Gasteiger partial charge in [0.1, 0.15) is 5.60 Å². The van der Waals surface area contributed by atoms with Crippen molar-refractivity contribution in [3.05, 3.63) is 24.0 Å². The highest BCUT2D eigenvalue weighted by atomic mass is 16.6. The molecule has 0 aliphatic heterocycles. The van der Waals surface area contributed by atoms with Gasteiger partial charge in [0.15, 0.2) is 0 Å². The Labute approximate surface area is 119 Å². The van der Waals surface area contributed by atoms with Gasteiger partial charge in [0, 0.05) is 26.6 Å². The smallest absolute Gasteiger partial charge is 0.410 e. The van der Waals surface area contributed by atoms with Crippen molar-refractivity contribution < 1.29 is 14.3 Å². The van der Waals surface area contributed by atoms with Gasteiger partial charge in [-0.05, 0) is 32.4 Å². The van der Waals surface area contributed by atoms with E-state index in [2.05, 4.69) is 4.98 Å². The number of hydrogen-bond acceptors (Lipinski definition) is 5. The number of methoxy groups -OCH3 is 1. The number of carbonyl (C=O) groups excluding carboxylic acids is 1. The quantitative estimate of drug-likeness (QED) is 0.915. The number of aromatic nitrogens is 1. The topological polar surface area (TPSA) is 77.7 Å². The highest BCUT2D eigenvalue weighted by Crippen LogP contribution is 2.22. The summed E-state index contributed by atoms with van der Waals surface area (Å²) < 4.78 is 10.5. The largest absolute Gasteiger partial charge is 0.444 e. The fourth-order valence-electron chi connectivity index (χ4n) is 1.71. The van der Waals surface area contributed by atoms with E-state index in [1.54, 1.807) is 32.6 Å². The van der Waals surface area contributed by atoms with Gasteiger partial charge < -0.3 is 20.1 Å². The van der Waals surface area contributed by atoms with E-state index in [0.717, 1.165) is 5.56 Å². The minimum Gasteiger partial charge on any atom is -0.444 e. The molecule has 112 valence electrons. The fraction of sp³-hybridized carbons (Fsp3) is 0.571. The van der Waals surface area contributed by atoms with Crippen molar-refractivity contribution in [3.8, 4) is 0 Å². The number of likely N-dealkylation sites (N-methyl/N-ethyl adjacent to an activating group) is 1. The number of hydrogen-bond donors (Lipinski definition) is 1. The van der Waals surface area contributed by atoms with Crippen LogP contribution < -0.4 is 5.73 Å². The molecule has 0 aliphatic carbocycles. The van der Waals surface area contributed by atoms with Crippen LogP contribution in [0.15, 0.2) is 18.5 Å². The van der Waals surface area contributed by atoms with Gasteiger partial charge in [-0.1, -0.05) is 0 Å². The minimum absolute atomic E-state index is 0.300. The van der Waals surface area contributed by atoms with Gasteiger partial charge in [-0.2, -0.15) is 0 Å². The maximum atomic E-state index is 12.1. The van der Waals surface area contributed by atoms with Gasteiger partial charge >= 0.3 is 6.09 Å². The van der Waals surface area contributed by atoms with E-state index < -0.39 is 11.7 Å². The van der Waals surface area contributed by atoms with Gasteiger partial charge in [-0.15, -0.1) is 0 Å². The fourth-order valence-corrected chi connectivity index (χ4v) is 1.71.